The number of hydrogen-bond donors (Lipinski definition) is 1. The van der Waals surface area contributed by atoms with Gasteiger partial charge in [0.15, 0.2) is 0 Å². The predicted molar refractivity (Wildman–Crippen MR) is 117 cm³/mol. The Hall–Kier alpha value is -2.63. The molecule has 0 spiro atoms. The monoisotopic (exact) mass is 408 g/mol. The van der Waals surface area contributed by atoms with Crippen LogP contribution in [-0.4, -0.2) is 45.4 Å². The second-order valence-corrected chi connectivity index (χ2v) is 8.79. The number of carbonyl (C=O) groups excluding carboxylic acids is 2. The average Bonchev–Trinajstić information content (AvgIpc) is 2.95. The minimum Gasteiger partial charge on any atom is -0.348 e. The molecule has 1 N–H and O–H groups in total. The van der Waals surface area contributed by atoms with Crippen molar-refractivity contribution in [3.05, 3.63) is 41.7 Å². The van der Waals surface area contributed by atoms with E-state index in [1.54, 1.807) is 0 Å². The molecule has 160 valence electrons. The maximum absolute atomic E-state index is 13.2. The molecular formula is C24H32N4O2. The maximum Gasteiger partial charge on any atom is 0.272 e. The Kier molecular flexibility index (Phi) is 6.21. The lowest BCUT2D eigenvalue weighted by molar-refractivity contribution is -0.135. The van der Waals surface area contributed by atoms with Gasteiger partial charge in [-0.25, -0.2) is 4.98 Å². The molecular weight excluding hydrogens is 376 g/mol. The molecule has 1 saturated heterocycles. The Morgan fingerprint density at radius 2 is 1.77 bits per heavy atom. The molecule has 4 rings (SSSR count). The smallest absolute Gasteiger partial charge is 0.272 e. The number of piperidine rings is 1. The highest BCUT2D eigenvalue weighted by Crippen LogP contribution is 2.27. The van der Waals surface area contributed by atoms with Gasteiger partial charge in [-0.15, -0.1) is 0 Å². The van der Waals surface area contributed by atoms with E-state index in [1.807, 2.05) is 36.9 Å². The van der Waals surface area contributed by atoms with Crippen molar-refractivity contribution in [2.75, 3.05) is 13.1 Å². The van der Waals surface area contributed by atoms with Crippen LogP contribution in [0.25, 0.3) is 11.4 Å². The average molecular weight is 409 g/mol. The Morgan fingerprint density at radius 3 is 2.47 bits per heavy atom. The Bertz CT molecular complexity index is 895. The first-order valence-electron chi connectivity index (χ1n) is 11.3. The van der Waals surface area contributed by atoms with Crippen LogP contribution in [0, 0.1) is 5.92 Å². The maximum atomic E-state index is 13.2. The van der Waals surface area contributed by atoms with E-state index in [2.05, 4.69) is 22.0 Å². The van der Waals surface area contributed by atoms with E-state index in [9.17, 15) is 9.59 Å². The van der Waals surface area contributed by atoms with E-state index in [4.69, 9.17) is 4.98 Å². The van der Waals surface area contributed by atoms with Gasteiger partial charge in [0, 0.05) is 37.2 Å². The summed E-state index contributed by atoms with van der Waals surface area (Å²) in [5.41, 5.74) is 2.70. The molecule has 2 aromatic rings. The van der Waals surface area contributed by atoms with Gasteiger partial charge in [0.1, 0.15) is 11.5 Å². The normalized spacial score (nSPS) is 17.5. The topological polar surface area (TPSA) is 67.2 Å². The van der Waals surface area contributed by atoms with Crippen LogP contribution in [0.1, 0.15) is 62.1 Å². The first kappa shape index (κ1) is 20.6. The molecule has 30 heavy (non-hydrogen) atoms. The van der Waals surface area contributed by atoms with Crippen LogP contribution in [0.3, 0.4) is 0 Å². The summed E-state index contributed by atoms with van der Waals surface area (Å²) in [6.07, 6.45) is 5.88. The quantitative estimate of drug-likeness (QED) is 0.840. The number of benzene rings is 1. The van der Waals surface area contributed by atoms with Crippen molar-refractivity contribution in [2.45, 2.75) is 65.0 Å². The molecule has 1 fully saturated rings. The molecule has 0 unspecified atom stereocenters. The second kappa shape index (κ2) is 9.02. The molecule has 0 bridgehead atoms. The molecule has 2 aliphatic heterocycles. The fraction of sp³-hybridized carbons (Fsp3) is 0.542. The van der Waals surface area contributed by atoms with Crippen LogP contribution in [0.4, 0.5) is 0 Å². The van der Waals surface area contributed by atoms with Crippen molar-refractivity contribution >= 4 is 11.8 Å². The number of rotatable bonds is 4. The minimum atomic E-state index is -0.0727. The van der Waals surface area contributed by atoms with Gasteiger partial charge < -0.3 is 14.8 Å². The number of likely N-dealkylation sites (tertiary alicyclic amines) is 1. The van der Waals surface area contributed by atoms with Crippen molar-refractivity contribution in [1.82, 2.24) is 19.8 Å². The van der Waals surface area contributed by atoms with Crippen molar-refractivity contribution in [3.63, 3.8) is 0 Å². The molecule has 6 heteroatoms. The van der Waals surface area contributed by atoms with Gasteiger partial charge in [-0.3, -0.25) is 9.59 Å². The van der Waals surface area contributed by atoms with Crippen molar-refractivity contribution in [2.24, 2.45) is 5.92 Å². The van der Waals surface area contributed by atoms with Crippen LogP contribution in [0.5, 0.6) is 0 Å². The van der Waals surface area contributed by atoms with Crippen LogP contribution in [0.2, 0.25) is 0 Å². The first-order chi connectivity index (χ1) is 14.5. The highest BCUT2D eigenvalue weighted by Gasteiger charge is 2.28. The lowest BCUT2D eigenvalue weighted by Crippen LogP contribution is -2.47. The Labute approximate surface area is 178 Å². The van der Waals surface area contributed by atoms with E-state index in [0.717, 1.165) is 55.7 Å². The molecule has 0 aliphatic carbocycles. The van der Waals surface area contributed by atoms with Gasteiger partial charge in [0.2, 0.25) is 5.91 Å². The van der Waals surface area contributed by atoms with Gasteiger partial charge in [-0.05, 0) is 32.1 Å². The van der Waals surface area contributed by atoms with Gasteiger partial charge in [-0.2, -0.15) is 0 Å². The van der Waals surface area contributed by atoms with E-state index in [1.165, 1.54) is 6.42 Å². The van der Waals surface area contributed by atoms with Crippen molar-refractivity contribution in [3.8, 4) is 11.4 Å². The highest BCUT2D eigenvalue weighted by atomic mass is 16.2. The van der Waals surface area contributed by atoms with E-state index < -0.39 is 0 Å². The highest BCUT2D eigenvalue weighted by molar-refractivity contribution is 5.94. The first-order valence-corrected chi connectivity index (χ1v) is 11.3. The number of carbonyl (C=O) groups is 2. The molecule has 0 atom stereocenters. The molecule has 3 heterocycles. The minimum absolute atomic E-state index is 0.0218. The third-order valence-corrected chi connectivity index (χ3v) is 6.25. The van der Waals surface area contributed by atoms with Crippen LogP contribution in [0.15, 0.2) is 30.3 Å². The lowest BCUT2D eigenvalue weighted by Gasteiger charge is -2.33. The fourth-order valence-corrected chi connectivity index (χ4v) is 4.57. The number of hydrogen-bond acceptors (Lipinski definition) is 3. The standard InChI is InChI=1S/C24H32N4O2/c1-17(2)24(30)27-15-12-19(13-16-27)25-23(29)21-20-11-7-4-8-14-28(20)22(26-21)18-9-5-3-6-10-18/h3,5-6,9-10,17,19H,4,7-8,11-16H2,1-2H3,(H,25,29). The number of nitrogens with one attached hydrogen (secondary N) is 1. The summed E-state index contributed by atoms with van der Waals surface area (Å²) in [5, 5.41) is 3.21. The molecule has 2 aliphatic rings. The summed E-state index contributed by atoms with van der Waals surface area (Å²) in [7, 11) is 0. The van der Waals surface area contributed by atoms with Gasteiger partial charge >= 0.3 is 0 Å². The molecule has 1 aromatic carbocycles. The summed E-state index contributed by atoms with van der Waals surface area (Å²) in [6, 6.07) is 10.2. The van der Waals surface area contributed by atoms with E-state index in [0.29, 0.717) is 18.8 Å². The summed E-state index contributed by atoms with van der Waals surface area (Å²) in [6.45, 7) is 6.20. The van der Waals surface area contributed by atoms with Crippen LogP contribution in [-0.2, 0) is 17.8 Å². The van der Waals surface area contributed by atoms with E-state index >= 15 is 0 Å². The number of fused-ring (bicyclic) bond motifs is 1. The van der Waals surface area contributed by atoms with Crippen LogP contribution >= 0.6 is 0 Å². The largest absolute Gasteiger partial charge is 0.348 e. The molecule has 1 aromatic heterocycles. The third-order valence-electron chi connectivity index (χ3n) is 6.25. The van der Waals surface area contributed by atoms with E-state index in [-0.39, 0.29) is 23.8 Å². The second-order valence-electron chi connectivity index (χ2n) is 8.79. The number of amides is 2. The van der Waals surface area contributed by atoms with Crippen LogP contribution < -0.4 is 5.32 Å². The van der Waals surface area contributed by atoms with Crippen molar-refractivity contribution < 1.29 is 9.59 Å². The van der Waals surface area contributed by atoms with Gasteiger partial charge in [-0.1, -0.05) is 50.6 Å². The summed E-state index contributed by atoms with van der Waals surface area (Å²) in [4.78, 5) is 32.1. The number of aromatic nitrogens is 2. The SMILES string of the molecule is CC(C)C(=O)N1CCC(NC(=O)c2nc(-c3ccccc3)n3c2CCCCC3)CC1. The summed E-state index contributed by atoms with van der Waals surface area (Å²) < 4.78 is 2.25. The zero-order valence-corrected chi connectivity index (χ0v) is 18.1. The third kappa shape index (κ3) is 4.27. The Morgan fingerprint density at radius 1 is 1.03 bits per heavy atom. The zero-order valence-electron chi connectivity index (χ0n) is 18.1. The summed E-state index contributed by atoms with van der Waals surface area (Å²) >= 11 is 0. The molecule has 6 nitrogen and oxygen atoms in total. The summed E-state index contributed by atoms with van der Waals surface area (Å²) in [5.74, 6) is 1.05. The van der Waals surface area contributed by atoms with Gasteiger partial charge in [0.25, 0.3) is 5.91 Å². The molecule has 0 saturated carbocycles. The number of nitrogens with zero attached hydrogens (tertiary/aromatic N) is 3. The zero-order chi connectivity index (χ0) is 21.1. The van der Waals surface area contributed by atoms with Gasteiger partial charge in [0.05, 0.1) is 5.69 Å². The fourth-order valence-electron chi connectivity index (χ4n) is 4.57. The molecule has 2 amide bonds. The Balaban J connectivity index is 1.51. The number of imidazole rings is 1. The predicted octanol–water partition coefficient (Wildman–Crippen LogP) is 3.65. The van der Waals surface area contributed by atoms with Crippen molar-refractivity contribution in [1.29, 1.82) is 0 Å². The molecule has 0 radical (unpaired) electrons. The lowest BCUT2D eigenvalue weighted by atomic mass is 10.0.